The highest BCUT2D eigenvalue weighted by atomic mass is 16.6. The molecular formula is C12H12N2O5. The first kappa shape index (κ1) is 13.0. The molecule has 0 saturated heterocycles. The van der Waals surface area contributed by atoms with E-state index in [0.717, 1.165) is 0 Å². The van der Waals surface area contributed by atoms with Crippen molar-refractivity contribution in [3.05, 3.63) is 39.9 Å². The number of fused-ring (bicyclic) bond motifs is 1. The topological polar surface area (TPSA) is 98.5 Å². The number of carbonyl (C=O) groups is 2. The SMILES string of the molecule is COC(=O)CC1c2ccccc2NC(=O)C1[N+](=O)[O-]. The van der Waals surface area contributed by atoms with Crippen LogP contribution in [0.4, 0.5) is 5.69 Å². The number of nitrogens with zero attached hydrogens (tertiary/aromatic N) is 1. The van der Waals surface area contributed by atoms with E-state index >= 15 is 0 Å². The summed E-state index contributed by atoms with van der Waals surface area (Å²) >= 11 is 0. The fraction of sp³-hybridized carbons (Fsp3) is 0.333. The second-order valence-corrected chi connectivity index (χ2v) is 4.19. The van der Waals surface area contributed by atoms with E-state index in [0.29, 0.717) is 11.3 Å². The van der Waals surface area contributed by atoms with Crippen molar-refractivity contribution in [1.82, 2.24) is 0 Å². The highest BCUT2D eigenvalue weighted by Gasteiger charge is 2.45. The lowest BCUT2D eigenvalue weighted by atomic mass is 9.84. The smallest absolute Gasteiger partial charge is 0.306 e. The normalized spacial score (nSPS) is 21.2. The number of hydrogen-bond acceptors (Lipinski definition) is 5. The molecule has 0 bridgehead atoms. The summed E-state index contributed by atoms with van der Waals surface area (Å²) in [6, 6.07) is 5.25. The summed E-state index contributed by atoms with van der Waals surface area (Å²) in [7, 11) is 1.21. The Hall–Kier alpha value is -2.44. The number of amides is 1. The zero-order chi connectivity index (χ0) is 14.0. The maximum atomic E-state index is 11.8. The van der Waals surface area contributed by atoms with Crippen molar-refractivity contribution < 1.29 is 19.2 Å². The Morgan fingerprint density at radius 3 is 2.79 bits per heavy atom. The molecule has 0 radical (unpaired) electrons. The van der Waals surface area contributed by atoms with Crippen molar-refractivity contribution in [1.29, 1.82) is 0 Å². The minimum absolute atomic E-state index is 0.202. The van der Waals surface area contributed by atoms with E-state index in [-0.39, 0.29) is 6.42 Å². The number of nitrogens with one attached hydrogen (secondary N) is 1. The molecule has 1 heterocycles. The average Bonchev–Trinajstić information content (AvgIpc) is 2.37. The number of para-hydroxylation sites is 1. The Bertz CT molecular complexity index is 543. The van der Waals surface area contributed by atoms with Gasteiger partial charge in [0.05, 0.1) is 19.4 Å². The molecule has 2 unspecified atom stereocenters. The molecule has 2 rings (SSSR count). The number of benzene rings is 1. The summed E-state index contributed by atoms with van der Waals surface area (Å²) in [5.41, 5.74) is 1.08. The predicted octanol–water partition coefficient (Wildman–Crippen LogP) is 0.931. The Morgan fingerprint density at radius 2 is 2.16 bits per heavy atom. The van der Waals surface area contributed by atoms with Gasteiger partial charge in [-0.1, -0.05) is 18.2 Å². The van der Waals surface area contributed by atoms with Crippen LogP contribution in [0.3, 0.4) is 0 Å². The molecule has 0 saturated carbocycles. The third-order valence-corrected chi connectivity index (χ3v) is 3.11. The van der Waals surface area contributed by atoms with E-state index in [2.05, 4.69) is 10.1 Å². The van der Waals surface area contributed by atoms with Crippen LogP contribution >= 0.6 is 0 Å². The van der Waals surface area contributed by atoms with E-state index in [1.165, 1.54) is 7.11 Å². The molecule has 1 aromatic carbocycles. The molecule has 1 aromatic rings. The van der Waals surface area contributed by atoms with E-state index in [9.17, 15) is 19.7 Å². The van der Waals surface area contributed by atoms with Gasteiger partial charge in [0.2, 0.25) is 0 Å². The molecule has 2 atom stereocenters. The van der Waals surface area contributed by atoms with Gasteiger partial charge < -0.3 is 10.1 Å². The van der Waals surface area contributed by atoms with E-state index in [4.69, 9.17) is 0 Å². The Balaban J connectivity index is 2.44. The third-order valence-electron chi connectivity index (χ3n) is 3.11. The Morgan fingerprint density at radius 1 is 1.47 bits per heavy atom. The molecular weight excluding hydrogens is 252 g/mol. The van der Waals surface area contributed by atoms with Gasteiger partial charge in [0, 0.05) is 10.6 Å². The fourth-order valence-electron chi connectivity index (χ4n) is 2.22. The van der Waals surface area contributed by atoms with Gasteiger partial charge in [-0.2, -0.15) is 0 Å². The molecule has 19 heavy (non-hydrogen) atoms. The molecule has 1 amide bonds. The molecule has 7 heteroatoms. The molecule has 0 fully saturated rings. The van der Waals surface area contributed by atoms with Crippen LogP contribution in [0.2, 0.25) is 0 Å². The largest absolute Gasteiger partial charge is 0.469 e. The fourth-order valence-corrected chi connectivity index (χ4v) is 2.22. The standard InChI is InChI=1S/C12H12N2O5/c1-19-10(15)6-8-7-4-2-3-5-9(7)13-12(16)11(8)14(17)18/h2-5,8,11H,6H2,1H3,(H,13,16). The van der Waals surface area contributed by atoms with Crippen molar-refractivity contribution in [2.45, 2.75) is 18.4 Å². The zero-order valence-electron chi connectivity index (χ0n) is 10.2. The number of methoxy groups -OCH3 is 1. The highest BCUT2D eigenvalue weighted by Crippen LogP contribution is 2.35. The Kier molecular flexibility index (Phi) is 3.46. The predicted molar refractivity (Wildman–Crippen MR) is 65.2 cm³/mol. The lowest BCUT2D eigenvalue weighted by molar-refractivity contribution is -0.511. The molecule has 1 N–H and O–H groups in total. The van der Waals surface area contributed by atoms with Gasteiger partial charge in [-0.05, 0) is 11.6 Å². The number of nitro groups is 1. The van der Waals surface area contributed by atoms with Gasteiger partial charge in [-0.15, -0.1) is 0 Å². The summed E-state index contributed by atoms with van der Waals surface area (Å²) < 4.78 is 4.54. The minimum atomic E-state index is -1.48. The molecule has 100 valence electrons. The van der Waals surface area contributed by atoms with Crippen molar-refractivity contribution in [2.75, 3.05) is 12.4 Å². The Labute approximate surface area is 108 Å². The summed E-state index contributed by atoms with van der Waals surface area (Å²) in [5.74, 6) is -2.11. The first-order valence-electron chi connectivity index (χ1n) is 5.64. The number of carbonyl (C=O) groups excluding carboxylic acids is 2. The van der Waals surface area contributed by atoms with Crippen LogP contribution < -0.4 is 5.32 Å². The van der Waals surface area contributed by atoms with Crippen LogP contribution in [0.5, 0.6) is 0 Å². The molecule has 0 aliphatic carbocycles. The molecule has 0 aromatic heterocycles. The second-order valence-electron chi connectivity index (χ2n) is 4.19. The summed E-state index contributed by atoms with van der Waals surface area (Å²) in [6.45, 7) is 0. The lowest BCUT2D eigenvalue weighted by Gasteiger charge is -2.27. The van der Waals surface area contributed by atoms with Crippen molar-refractivity contribution in [2.24, 2.45) is 0 Å². The molecule has 1 aliphatic heterocycles. The molecule has 1 aliphatic rings. The number of ether oxygens (including phenoxy) is 1. The lowest BCUT2D eigenvalue weighted by Crippen LogP contribution is -2.44. The molecule has 0 spiro atoms. The second kappa shape index (κ2) is 5.05. The maximum absolute atomic E-state index is 11.8. The van der Waals surface area contributed by atoms with Crippen LogP contribution in [-0.4, -0.2) is 30.0 Å². The van der Waals surface area contributed by atoms with Crippen LogP contribution in [0, 0.1) is 10.1 Å². The first-order chi connectivity index (χ1) is 9.04. The average molecular weight is 264 g/mol. The van der Waals surface area contributed by atoms with E-state index < -0.39 is 28.8 Å². The van der Waals surface area contributed by atoms with Crippen LogP contribution in [0.25, 0.3) is 0 Å². The quantitative estimate of drug-likeness (QED) is 0.497. The van der Waals surface area contributed by atoms with Crippen LogP contribution in [0.1, 0.15) is 17.9 Å². The van der Waals surface area contributed by atoms with Gasteiger partial charge >= 0.3 is 5.97 Å². The number of esters is 1. The number of hydrogen-bond donors (Lipinski definition) is 1. The van der Waals surface area contributed by atoms with Gasteiger partial charge in [0.15, 0.2) is 0 Å². The zero-order valence-corrected chi connectivity index (χ0v) is 10.2. The van der Waals surface area contributed by atoms with Gasteiger partial charge in [-0.25, -0.2) is 0 Å². The van der Waals surface area contributed by atoms with Gasteiger partial charge in [0.1, 0.15) is 0 Å². The van der Waals surface area contributed by atoms with Crippen molar-refractivity contribution >= 4 is 17.6 Å². The third kappa shape index (κ3) is 2.40. The van der Waals surface area contributed by atoms with Gasteiger partial charge in [-0.3, -0.25) is 19.7 Å². The summed E-state index contributed by atoms with van der Waals surface area (Å²) in [4.78, 5) is 33.5. The van der Waals surface area contributed by atoms with Crippen LogP contribution in [-0.2, 0) is 14.3 Å². The monoisotopic (exact) mass is 264 g/mol. The minimum Gasteiger partial charge on any atom is -0.469 e. The van der Waals surface area contributed by atoms with Crippen LogP contribution in [0.15, 0.2) is 24.3 Å². The van der Waals surface area contributed by atoms with Crippen molar-refractivity contribution in [3.63, 3.8) is 0 Å². The number of anilines is 1. The molecule has 7 nitrogen and oxygen atoms in total. The van der Waals surface area contributed by atoms with E-state index in [1.54, 1.807) is 24.3 Å². The van der Waals surface area contributed by atoms with E-state index in [1.807, 2.05) is 0 Å². The summed E-state index contributed by atoms with van der Waals surface area (Å²) in [5, 5.41) is 13.5. The first-order valence-corrected chi connectivity index (χ1v) is 5.64. The van der Waals surface area contributed by atoms with Gasteiger partial charge in [0.25, 0.3) is 11.9 Å². The van der Waals surface area contributed by atoms with Crippen molar-refractivity contribution in [3.8, 4) is 0 Å². The highest BCUT2D eigenvalue weighted by molar-refractivity contribution is 5.98. The maximum Gasteiger partial charge on any atom is 0.306 e. The number of rotatable bonds is 3. The summed E-state index contributed by atoms with van der Waals surface area (Å²) in [6.07, 6.45) is -0.202.